The Morgan fingerprint density at radius 2 is 1.57 bits per heavy atom. The van der Waals surface area contributed by atoms with Crippen molar-refractivity contribution in [3.05, 3.63) is 52.1 Å². The molecule has 1 aliphatic carbocycles. The number of carbonyl (C=O) groups is 1. The zero-order valence-corrected chi connectivity index (χ0v) is 17.4. The first kappa shape index (κ1) is 21.4. The Bertz CT molecular complexity index is 937. The van der Waals surface area contributed by atoms with Crippen LogP contribution in [0, 0.1) is 10.1 Å². The molecule has 0 unspecified atom stereocenters. The van der Waals surface area contributed by atoms with Crippen molar-refractivity contribution in [2.45, 2.75) is 37.5 Å². The lowest BCUT2D eigenvalue weighted by Gasteiger charge is -2.36. The maximum Gasteiger partial charge on any atom is 0.271 e. The van der Waals surface area contributed by atoms with Gasteiger partial charge in [0, 0.05) is 12.1 Å². The van der Waals surface area contributed by atoms with Crippen molar-refractivity contribution >= 4 is 17.3 Å². The van der Waals surface area contributed by atoms with Crippen molar-refractivity contribution in [1.29, 1.82) is 0 Å². The van der Waals surface area contributed by atoms with E-state index in [1.807, 2.05) is 12.1 Å². The number of amides is 1. The van der Waals surface area contributed by atoms with Gasteiger partial charge in [-0.3, -0.25) is 14.9 Å². The SMILES string of the molecule is COc1ccc([N+](=O)[O-])cc1NC(=O)C1(c2ccc(OC)c(OC)c2)CCCCC1. The van der Waals surface area contributed by atoms with E-state index in [4.69, 9.17) is 14.2 Å². The minimum Gasteiger partial charge on any atom is -0.495 e. The Balaban J connectivity index is 2.02. The van der Waals surface area contributed by atoms with Crippen LogP contribution in [0.3, 0.4) is 0 Å². The van der Waals surface area contributed by atoms with Gasteiger partial charge in [-0.25, -0.2) is 0 Å². The molecule has 0 aliphatic heterocycles. The average Bonchev–Trinajstić information content (AvgIpc) is 2.78. The molecule has 0 aromatic heterocycles. The second-order valence-corrected chi connectivity index (χ2v) is 7.31. The average molecular weight is 414 g/mol. The fourth-order valence-electron chi connectivity index (χ4n) is 4.09. The van der Waals surface area contributed by atoms with Gasteiger partial charge in [0.2, 0.25) is 5.91 Å². The highest BCUT2D eigenvalue weighted by Gasteiger charge is 2.42. The smallest absolute Gasteiger partial charge is 0.271 e. The van der Waals surface area contributed by atoms with Crippen LogP contribution in [0.25, 0.3) is 0 Å². The normalized spacial score (nSPS) is 15.2. The summed E-state index contributed by atoms with van der Waals surface area (Å²) in [5.74, 6) is 1.30. The van der Waals surface area contributed by atoms with Crippen molar-refractivity contribution in [3.63, 3.8) is 0 Å². The summed E-state index contributed by atoms with van der Waals surface area (Å²) in [5, 5.41) is 14.1. The van der Waals surface area contributed by atoms with Crippen LogP contribution < -0.4 is 19.5 Å². The number of non-ortho nitro benzene ring substituents is 1. The molecular formula is C22H26N2O6. The van der Waals surface area contributed by atoms with E-state index in [1.165, 1.54) is 25.3 Å². The maximum absolute atomic E-state index is 13.6. The number of nitrogens with zero attached hydrogens (tertiary/aromatic N) is 1. The van der Waals surface area contributed by atoms with E-state index in [0.29, 0.717) is 30.1 Å². The van der Waals surface area contributed by atoms with E-state index in [0.717, 1.165) is 24.8 Å². The van der Waals surface area contributed by atoms with E-state index in [-0.39, 0.29) is 17.3 Å². The lowest BCUT2D eigenvalue weighted by molar-refractivity contribution is -0.384. The molecule has 0 atom stereocenters. The molecule has 0 heterocycles. The van der Waals surface area contributed by atoms with Gasteiger partial charge in [-0.15, -0.1) is 0 Å². The van der Waals surface area contributed by atoms with Crippen LogP contribution in [-0.2, 0) is 10.2 Å². The van der Waals surface area contributed by atoms with Crippen LogP contribution in [0.2, 0.25) is 0 Å². The van der Waals surface area contributed by atoms with Crippen molar-refractivity contribution < 1.29 is 23.9 Å². The van der Waals surface area contributed by atoms with Crippen molar-refractivity contribution in [1.82, 2.24) is 0 Å². The summed E-state index contributed by atoms with van der Waals surface area (Å²) in [5.41, 5.74) is 0.228. The Morgan fingerprint density at radius 3 is 2.17 bits per heavy atom. The van der Waals surface area contributed by atoms with Crippen LogP contribution in [0.4, 0.5) is 11.4 Å². The lowest BCUT2D eigenvalue weighted by atomic mass is 9.68. The first-order chi connectivity index (χ1) is 14.4. The Labute approximate surface area is 175 Å². The van der Waals surface area contributed by atoms with Gasteiger partial charge in [0.25, 0.3) is 5.69 Å². The third kappa shape index (κ3) is 4.03. The van der Waals surface area contributed by atoms with E-state index >= 15 is 0 Å². The lowest BCUT2D eigenvalue weighted by Crippen LogP contribution is -2.42. The van der Waals surface area contributed by atoms with Gasteiger partial charge in [-0.2, -0.15) is 0 Å². The fourth-order valence-corrected chi connectivity index (χ4v) is 4.09. The second-order valence-electron chi connectivity index (χ2n) is 7.31. The molecule has 8 nitrogen and oxygen atoms in total. The highest BCUT2D eigenvalue weighted by atomic mass is 16.6. The van der Waals surface area contributed by atoms with Gasteiger partial charge in [0.1, 0.15) is 5.75 Å². The molecule has 30 heavy (non-hydrogen) atoms. The number of ether oxygens (including phenoxy) is 3. The summed E-state index contributed by atoms with van der Waals surface area (Å²) in [6.07, 6.45) is 4.22. The molecule has 0 radical (unpaired) electrons. The summed E-state index contributed by atoms with van der Waals surface area (Å²) < 4.78 is 16.1. The van der Waals surface area contributed by atoms with E-state index in [2.05, 4.69) is 5.32 Å². The number of methoxy groups -OCH3 is 3. The number of nitro benzene ring substituents is 1. The molecule has 160 valence electrons. The van der Waals surface area contributed by atoms with Crippen LogP contribution in [0.1, 0.15) is 37.7 Å². The quantitative estimate of drug-likeness (QED) is 0.530. The molecule has 1 amide bonds. The molecule has 0 spiro atoms. The van der Waals surface area contributed by atoms with E-state index < -0.39 is 10.3 Å². The number of anilines is 1. The Morgan fingerprint density at radius 1 is 0.933 bits per heavy atom. The van der Waals surface area contributed by atoms with Gasteiger partial charge in [0.15, 0.2) is 11.5 Å². The summed E-state index contributed by atoms with van der Waals surface area (Å²) in [6, 6.07) is 9.68. The summed E-state index contributed by atoms with van der Waals surface area (Å²) in [6.45, 7) is 0. The first-order valence-corrected chi connectivity index (χ1v) is 9.81. The molecular weight excluding hydrogens is 388 g/mol. The summed E-state index contributed by atoms with van der Waals surface area (Å²) in [7, 11) is 4.58. The second kappa shape index (κ2) is 9.02. The summed E-state index contributed by atoms with van der Waals surface area (Å²) >= 11 is 0. The number of hydrogen-bond donors (Lipinski definition) is 1. The summed E-state index contributed by atoms with van der Waals surface area (Å²) in [4.78, 5) is 24.3. The third-order valence-corrected chi connectivity index (χ3v) is 5.72. The topological polar surface area (TPSA) is 99.9 Å². The maximum atomic E-state index is 13.6. The van der Waals surface area contributed by atoms with Crippen LogP contribution in [0.5, 0.6) is 17.2 Å². The number of nitro groups is 1. The van der Waals surface area contributed by atoms with Gasteiger partial charge in [0.05, 0.1) is 37.4 Å². The molecule has 1 N–H and O–H groups in total. The van der Waals surface area contributed by atoms with Crippen molar-refractivity contribution in [2.24, 2.45) is 0 Å². The molecule has 1 saturated carbocycles. The largest absolute Gasteiger partial charge is 0.495 e. The predicted molar refractivity (Wildman–Crippen MR) is 113 cm³/mol. The number of carbonyl (C=O) groups excluding carboxylic acids is 1. The number of nitrogens with one attached hydrogen (secondary N) is 1. The molecule has 2 aromatic carbocycles. The minimum atomic E-state index is -0.770. The molecule has 0 bridgehead atoms. The Kier molecular flexibility index (Phi) is 6.44. The fraction of sp³-hybridized carbons (Fsp3) is 0.409. The zero-order valence-electron chi connectivity index (χ0n) is 17.4. The zero-order chi connectivity index (χ0) is 21.7. The highest BCUT2D eigenvalue weighted by molar-refractivity contribution is 6.00. The third-order valence-electron chi connectivity index (χ3n) is 5.72. The van der Waals surface area contributed by atoms with Gasteiger partial charge >= 0.3 is 0 Å². The molecule has 8 heteroatoms. The number of rotatable bonds is 7. The van der Waals surface area contributed by atoms with E-state index in [9.17, 15) is 14.9 Å². The standard InChI is InChI=1S/C22H26N2O6/c1-28-18-10-8-16(24(26)27)14-17(18)23-21(25)22(11-5-4-6-12-22)15-7-9-19(29-2)20(13-15)30-3/h7-10,13-14H,4-6,11-12H2,1-3H3,(H,23,25). The molecule has 2 aromatic rings. The minimum absolute atomic E-state index is 0.116. The first-order valence-electron chi connectivity index (χ1n) is 9.81. The number of benzene rings is 2. The van der Waals surface area contributed by atoms with Crippen molar-refractivity contribution in [3.8, 4) is 17.2 Å². The molecule has 1 fully saturated rings. The monoisotopic (exact) mass is 414 g/mol. The molecule has 1 aliphatic rings. The van der Waals surface area contributed by atoms with Crippen LogP contribution >= 0.6 is 0 Å². The van der Waals surface area contributed by atoms with Crippen LogP contribution in [0.15, 0.2) is 36.4 Å². The molecule has 3 rings (SSSR count). The van der Waals surface area contributed by atoms with Gasteiger partial charge < -0.3 is 19.5 Å². The number of hydrogen-bond acceptors (Lipinski definition) is 6. The predicted octanol–water partition coefficient (Wildman–Crippen LogP) is 4.46. The van der Waals surface area contributed by atoms with Crippen molar-refractivity contribution in [2.75, 3.05) is 26.6 Å². The van der Waals surface area contributed by atoms with Crippen LogP contribution in [-0.4, -0.2) is 32.2 Å². The van der Waals surface area contributed by atoms with E-state index in [1.54, 1.807) is 20.3 Å². The highest BCUT2D eigenvalue weighted by Crippen LogP contribution is 2.44. The van der Waals surface area contributed by atoms with Gasteiger partial charge in [-0.05, 0) is 36.6 Å². The van der Waals surface area contributed by atoms with Gasteiger partial charge in [-0.1, -0.05) is 25.3 Å². The molecule has 0 saturated heterocycles. The Hall–Kier alpha value is -3.29.